The molecule has 0 fully saturated rings. The summed E-state index contributed by atoms with van der Waals surface area (Å²) in [6, 6.07) is 43.8. The third kappa shape index (κ3) is 6.01. The van der Waals surface area contributed by atoms with Crippen molar-refractivity contribution < 1.29 is 0 Å². The van der Waals surface area contributed by atoms with Crippen molar-refractivity contribution in [1.82, 2.24) is 14.5 Å². The van der Waals surface area contributed by atoms with Crippen molar-refractivity contribution in [3.8, 4) is 22.4 Å². The van der Waals surface area contributed by atoms with Crippen molar-refractivity contribution in [2.45, 2.75) is 26.1 Å². The minimum absolute atomic E-state index is 0.207. The number of nitrogens with two attached hydrogens (primary N) is 1. The van der Waals surface area contributed by atoms with E-state index >= 15 is 0 Å². The predicted molar refractivity (Wildman–Crippen MR) is 185 cm³/mol. The van der Waals surface area contributed by atoms with Gasteiger partial charge in [0.2, 0.25) is 0 Å². The number of benzene rings is 5. The molecule has 0 saturated heterocycles. The number of nitrogens with zero attached hydrogens (tertiary/aromatic N) is 3. The summed E-state index contributed by atoms with van der Waals surface area (Å²) >= 11 is 0. The fraction of sp³-hybridized carbons (Fsp3) is 0.128. The van der Waals surface area contributed by atoms with Gasteiger partial charge in [-0.15, -0.1) is 0 Å². The van der Waals surface area contributed by atoms with Crippen LogP contribution in [0.5, 0.6) is 0 Å². The highest BCUT2D eigenvalue weighted by molar-refractivity contribution is 5.98. The van der Waals surface area contributed by atoms with Crippen LogP contribution < -0.4 is 16.2 Å². The van der Waals surface area contributed by atoms with E-state index in [4.69, 9.17) is 10.7 Å². The first-order valence-corrected chi connectivity index (χ1v) is 15.4. The second-order valence-electron chi connectivity index (χ2n) is 11.4. The number of aromatic amines is 1. The highest BCUT2D eigenvalue weighted by atomic mass is 16.1. The first kappa shape index (κ1) is 28.3. The van der Waals surface area contributed by atoms with E-state index in [9.17, 15) is 4.79 Å². The van der Waals surface area contributed by atoms with Gasteiger partial charge < -0.3 is 20.2 Å². The Morgan fingerprint density at radius 2 is 1.40 bits per heavy atom. The Morgan fingerprint density at radius 3 is 2.07 bits per heavy atom. The number of fused-ring (bicyclic) bond motifs is 2. The molecule has 2 heterocycles. The van der Waals surface area contributed by atoms with Crippen LogP contribution in [0.15, 0.2) is 138 Å². The van der Waals surface area contributed by atoms with Gasteiger partial charge in [-0.25, -0.2) is 4.98 Å². The first-order chi connectivity index (χ1) is 22.2. The van der Waals surface area contributed by atoms with Crippen LogP contribution in [0.2, 0.25) is 0 Å². The third-order valence-corrected chi connectivity index (χ3v) is 8.32. The van der Waals surface area contributed by atoms with E-state index in [-0.39, 0.29) is 5.56 Å². The lowest BCUT2D eigenvalue weighted by Gasteiger charge is -2.26. The van der Waals surface area contributed by atoms with Crippen LogP contribution in [-0.4, -0.2) is 21.1 Å². The zero-order valence-corrected chi connectivity index (χ0v) is 25.1. The summed E-state index contributed by atoms with van der Waals surface area (Å²) in [6.45, 7) is 2.86. The van der Waals surface area contributed by atoms with E-state index in [0.29, 0.717) is 12.2 Å². The second kappa shape index (κ2) is 12.6. The molecule has 0 unspecified atom stereocenters. The van der Waals surface area contributed by atoms with Gasteiger partial charge in [-0.05, 0) is 65.6 Å². The Balaban J connectivity index is 1.34. The van der Waals surface area contributed by atoms with Gasteiger partial charge in [0.25, 0.3) is 5.56 Å². The molecule has 0 aliphatic carbocycles. The number of nitrogens with one attached hydrogen (secondary N) is 1. The quantitative estimate of drug-likeness (QED) is 0.171. The molecule has 222 valence electrons. The van der Waals surface area contributed by atoms with Crippen LogP contribution in [0, 0.1) is 0 Å². The molecule has 5 aromatic carbocycles. The lowest BCUT2D eigenvalue weighted by molar-refractivity contribution is 0.671. The van der Waals surface area contributed by atoms with Crippen LogP contribution in [0.1, 0.15) is 17.5 Å². The largest absolute Gasteiger partial charge is 0.363 e. The zero-order chi connectivity index (χ0) is 30.6. The van der Waals surface area contributed by atoms with Gasteiger partial charge in [0.15, 0.2) is 0 Å². The zero-order valence-electron chi connectivity index (χ0n) is 25.1. The smallest absolute Gasteiger partial charge is 0.275 e. The lowest BCUT2D eigenvalue weighted by atomic mass is 10.0. The Labute approximate surface area is 262 Å². The maximum Gasteiger partial charge on any atom is 0.275 e. The molecular weight excluding hydrogens is 554 g/mol. The molecule has 2 aromatic heterocycles. The van der Waals surface area contributed by atoms with E-state index < -0.39 is 0 Å². The van der Waals surface area contributed by atoms with Gasteiger partial charge in [-0.3, -0.25) is 4.79 Å². The van der Waals surface area contributed by atoms with Crippen molar-refractivity contribution in [2.75, 3.05) is 11.4 Å². The Bertz CT molecular complexity index is 2080. The second-order valence-corrected chi connectivity index (χ2v) is 11.4. The van der Waals surface area contributed by atoms with Crippen LogP contribution in [0.4, 0.5) is 5.69 Å². The van der Waals surface area contributed by atoms with E-state index in [1.165, 1.54) is 11.1 Å². The summed E-state index contributed by atoms with van der Waals surface area (Å²) in [5.41, 5.74) is 15.1. The van der Waals surface area contributed by atoms with Crippen molar-refractivity contribution in [3.63, 3.8) is 0 Å². The summed E-state index contributed by atoms with van der Waals surface area (Å²) in [5.74, 6) is 0. The number of hydrogen-bond donors (Lipinski definition) is 2. The summed E-state index contributed by atoms with van der Waals surface area (Å²) in [5, 5.41) is 0.994. The molecule has 7 rings (SSSR count). The molecule has 45 heavy (non-hydrogen) atoms. The molecule has 0 radical (unpaired) electrons. The monoisotopic (exact) mass is 589 g/mol. The molecule has 0 atom stereocenters. The van der Waals surface area contributed by atoms with Crippen molar-refractivity contribution >= 4 is 27.6 Å². The number of hydrogen-bond acceptors (Lipinski definition) is 4. The lowest BCUT2D eigenvalue weighted by Crippen LogP contribution is -2.22. The number of aryl methyl sites for hydroxylation is 1. The standard InChI is InChI=1S/C39H35N5O/c40-21-10-22-43-27-34(38-39(45)42-36-23-31(17-19-35(36)41-38)30-15-8-3-9-16-30)33-24-32(18-20-37(33)43)44(25-28-11-4-1-5-12-28)26-29-13-6-2-7-14-29/h1-9,11-20,23-24,27H,10,21-22,25-26,40H2,(H,42,45). The SMILES string of the molecule is NCCCn1cc(-c2nc3ccc(-c4ccccc4)cc3[nH]c2=O)c2cc(N(Cc3ccccc3)Cc3ccccc3)ccc21. The van der Waals surface area contributed by atoms with E-state index in [0.717, 1.165) is 70.4 Å². The average molecular weight is 590 g/mol. The minimum Gasteiger partial charge on any atom is -0.363 e. The van der Waals surface area contributed by atoms with E-state index in [2.05, 4.69) is 106 Å². The molecule has 0 amide bonds. The minimum atomic E-state index is -0.207. The van der Waals surface area contributed by atoms with Gasteiger partial charge in [-0.1, -0.05) is 97.1 Å². The van der Waals surface area contributed by atoms with Gasteiger partial charge in [0.05, 0.1) is 11.0 Å². The van der Waals surface area contributed by atoms with E-state index in [1.54, 1.807) is 0 Å². The van der Waals surface area contributed by atoms with Gasteiger partial charge in [0, 0.05) is 48.0 Å². The van der Waals surface area contributed by atoms with Gasteiger partial charge >= 0.3 is 0 Å². The Morgan fingerprint density at radius 1 is 0.733 bits per heavy atom. The summed E-state index contributed by atoms with van der Waals surface area (Å²) in [4.78, 5) is 24.1. The van der Waals surface area contributed by atoms with Crippen LogP contribution in [-0.2, 0) is 19.6 Å². The maximum absolute atomic E-state index is 13.7. The molecular formula is C39H35N5O. The molecule has 6 heteroatoms. The first-order valence-electron chi connectivity index (χ1n) is 15.4. The summed E-state index contributed by atoms with van der Waals surface area (Å²) < 4.78 is 2.20. The molecule has 0 saturated carbocycles. The fourth-order valence-corrected chi connectivity index (χ4v) is 6.04. The molecule has 0 spiro atoms. The number of rotatable bonds is 10. The number of anilines is 1. The van der Waals surface area contributed by atoms with Crippen LogP contribution in [0.25, 0.3) is 44.3 Å². The molecule has 0 bridgehead atoms. The normalized spacial score (nSPS) is 11.3. The summed E-state index contributed by atoms with van der Waals surface area (Å²) in [6.07, 6.45) is 2.90. The average Bonchev–Trinajstić information content (AvgIpc) is 3.45. The van der Waals surface area contributed by atoms with Gasteiger partial charge in [-0.2, -0.15) is 0 Å². The van der Waals surface area contributed by atoms with Crippen LogP contribution >= 0.6 is 0 Å². The molecule has 7 aromatic rings. The Kier molecular flexibility index (Phi) is 7.96. The molecule has 0 aliphatic rings. The van der Waals surface area contributed by atoms with Crippen molar-refractivity contribution in [2.24, 2.45) is 5.73 Å². The fourth-order valence-electron chi connectivity index (χ4n) is 6.04. The highest BCUT2D eigenvalue weighted by Gasteiger charge is 2.18. The molecule has 3 N–H and O–H groups in total. The third-order valence-electron chi connectivity index (χ3n) is 8.32. The Hall–Kier alpha value is -5.46. The molecule has 6 nitrogen and oxygen atoms in total. The van der Waals surface area contributed by atoms with E-state index in [1.807, 2.05) is 42.5 Å². The number of H-pyrrole nitrogens is 1. The topological polar surface area (TPSA) is 79.9 Å². The predicted octanol–water partition coefficient (Wildman–Crippen LogP) is 7.77. The van der Waals surface area contributed by atoms with Crippen molar-refractivity contribution in [3.05, 3.63) is 155 Å². The van der Waals surface area contributed by atoms with Gasteiger partial charge in [0.1, 0.15) is 5.69 Å². The number of aromatic nitrogens is 3. The summed E-state index contributed by atoms with van der Waals surface area (Å²) in [7, 11) is 0. The highest BCUT2D eigenvalue weighted by Crippen LogP contribution is 2.34. The van der Waals surface area contributed by atoms with Crippen molar-refractivity contribution in [1.29, 1.82) is 0 Å². The maximum atomic E-state index is 13.7. The molecule has 0 aliphatic heterocycles. The van der Waals surface area contributed by atoms with Crippen LogP contribution in [0.3, 0.4) is 0 Å².